The van der Waals surface area contributed by atoms with Crippen molar-refractivity contribution in [3.63, 3.8) is 0 Å². The molecule has 1 saturated heterocycles. The van der Waals surface area contributed by atoms with Gasteiger partial charge in [-0.2, -0.15) is 5.10 Å². The molecule has 0 bridgehead atoms. The molecule has 0 saturated carbocycles. The molecule has 1 amide bonds. The summed E-state index contributed by atoms with van der Waals surface area (Å²) in [5.74, 6) is 0.461. The van der Waals surface area contributed by atoms with Crippen LogP contribution in [-0.2, 0) is 11.3 Å². The Morgan fingerprint density at radius 1 is 1.04 bits per heavy atom. The highest BCUT2D eigenvalue weighted by Crippen LogP contribution is 2.25. The van der Waals surface area contributed by atoms with Crippen LogP contribution in [0.5, 0.6) is 0 Å². The van der Waals surface area contributed by atoms with Gasteiger partial charge in [-0.1, -0.05) is 82.3 Å². The summed E-state index contributed by atoms with van der Waals surface area (Å²) in [7, 11) is 0. The van der Waals surface area contributed by atoms with Crippen molar-refractivity contribution in [2.45, 2.75) is 6.54 Å². The fourth-order valence-corrected chi connectivity index (χ4v) is 4.02. The summed E-state index contributed by atoms with van der Waals surface area (Å²) in [5, 5.41) is 11.4. The zero-order valence-electron chi connectivity index (χ0n) is 14.4. The fraction of sp³-hybridized carbons (Fsp3) is 0.0952. The SMILES string of the molecule is O=C1CS/C(=N\N=C/c2ccc(Br)cc2)N1Cc1cccc2ccccc12. The topological polar surface area (TPSA) is 45.0 Å². The number of nitrogens with zero attached hydrogens (tertiary/aromatic N) is 3. The van der Waals surface area contributed by atoms with E-state index in [2.05, 4.69) is 50.4 Å². The third kappa shape index (κ3) is 4.12. The number of hydrogen-bond donors (Lipinski definition) is 0. The molecule has 0 unspecified atom stereocenters. The maximum Gasteiger partial charge on any atom is 0.239 e. The van der Waals surface area contributed by atoms with Crippen LogP contribution >= 0.6 is 27.7 Å². The first-order chi connectivity index (χ1) is 13.2. The highest BCUT2D eigenvalue weighted by molar-refractivity contribution is 9.10. The Balaban J connectivity index is 1.57. The summed E-state index contributed by atoms with van der Waals surface area (Å²) in [6.45, 7) is 0.500. The van der Waals surface area contributed by atoms with Gasteiger partial charge >= 0.3 is 0 Å². The number of halogens is 1. The van der Waals surface area contributed by atoms with E-state index in [1.54, 1.807) is 11.1 Å². The number of amides is 1. The lowest BCUT2D eigenvalue weighted by molar-refractivity contribution is -0.124. The van der Waals surface area contributed by atoms with Gasteiger partial charge in [-0.25, -0.2) is 0 Å². The quantitative estimate of drug-likeness (QED) is 0.422. The number of benzene rings is 3. The van der Waals surface area contributed by atoms with Crippen LogP contribution in [0.2, 0.25) is 0 Å². The van der Waals surface area contributed by atoms with E-state index < -0.39 is 0 Å². The van der Waals surface area contributed by atoms with Gasteiger partial charge in [-0.15, -0.1) is 5.10 Å². The van der Waals surface area contributed by atoms with Gasteiger partial charge in [0.15, 0.2) is 5.17 Å². The first kappa shape index (κ1) is 17.9. The molecule has 1 aliphatic heterocycles. The largest absolute Gasteiger partial charge is 0.285 e. The number of amidine groups is 1. The lowest BCUT2D eigenvalue weighted by Gasteiger charge is -2.16. The van der Waals surface area contributed by atoms with Crippen LogP contribution in [0, 0.1) is 0 Å². The zero-order valence-corrected chi connectivity index (χ0v) is 16.8. The molecule has 134 valence electrons. The second-order valence-electron chi connectivity index (χ2n) is 6.09. The minimum Gasteiger partial charge on any atom is -0.285 e. The molecule has 3 aromatic carbocycles. The number of fused-ring (bicyclic) bond motifs is 1. The van der Waals surface area contributed by atoms with Gasteiger partial charge in [-0.3, -0.25) is 9.69 Å². The summed E-state index contributed by atoms with van der Waals surface area (Å²) >= 11 is 4.84. The molecule has 1 aliphatic rings. The van der Waals surface area contributed by atoms with Gasteiger partial charge in [0.25, 0.3) is 0 Å². The van der Waals surface area contributed by atoms with Crippen molar-refractivity contribution in [2.24, 2.45) is 10.2 Å². The van der Waals surface area contributed by atoms with E-state index in [1.807, 2.05) is 42.5 Å². The fourth-order valence-electron chi connectivity index (χ4n) is 2.92. The standard InChI is InChI=1S/C21H16BrN3OS/c22-18-10-8-15(9-11-18)12-23-24-21-25(20(26)14-27-21)13-17-6-3-5-16-4-1-2-7-19(16)17/h1-12H,13-14H2/b23-12-,24-21-. The van der Waals surface area contributed by atoms with Crippen LogP contribution in [0.1, 0.15) is 11.1 Å². The van der Waals surface area contributed by atoms with E-state index in [0.717, 1.165) is 21.0 Å². The minimum atomic E-state index is 0.0607. The molecule has 1 fully saturated rings. The monoisotopic (exact) mass is 437 g/mol. The first-order valence-corrected chi connectivity index (χ1v) is 10.2. The summed E-state index contributed by atoms with van der Waals surface area (Å²) < 4.78 is 1.02. The second-order valence-corrected chi connectivity index (χ2v) is 7.94. The molecule has 0 aliphatic carbocycles. The number of hydrogen-bond acceptors (Lipinski definition) is 4. The summed E-state index contributed by atoms with van der Waals surface area (Å²) in [4.78, 5) is 14.1. The lowest BCUT2D eigenvalue weighted by atomic mass is 10.0. The number of carbonyl (C=O) groups is 1. The molecular formula is C21H16BrN3OS. The molecule has 27 heavy (non-hydrogen) atoms. The summed E-state index contributed by atoms with van der Waals surface area (Å²) in [6, 6.07) is 22.2. The third-order valence-corrected chi connectivity index (χ3v) is 5.77. The predicted molar refractivity (Wildman–Crippen MR) is 116 cm³/mol. The zero-order chi connectivity index (χ0) is 18.6. The van der Waals surface area contributed by atoms with Crippen molar-refractivity contribution in [2.75, 3.05) is 5.75 Å². The maximum atomic E-state index is 12.4. The molecule has 4 nitrogen and oxygen atoms in total. The van der Waals surface area contributed by atoms with Crippen LogP contribution in [-0.4, -0.2) is 27.9 Å². The smallest absolute Gasteiger partial charge is 0.239 e. The van der Waals surface area contributed by atoms with Gasteiger partial charge in [0, 0.05) is 4.47 Å². The van der Waals surface area contributed by atoms with Gasteiger partial charge in [-0.05, 0) is 34.0 Å². The van der Waals surface area contributed by atoms with E-state index in [9.17, 15) is 4.79 Å². The van der Waals surface area contributed by atoms with Gasteiger partial charge < -0.3 is 0 Å². The Bertz CT molecular complexity index is 1040. The van der Waals surface area contributed by atoms with Crippen LogP contribution in [0.3, 0.4) is 0 Å². The van der Waals surface area contributed by atoms with Crippen molar-refractivity contribution in [1.82, 2.24) is 4.90 Å². The van der Waals surface area contributed by atoms with Gasteiger partial charge in [0.05, 0.1) is 18.5 Å². The highest BCUT2D eigenvalue weighted by atomic mass is 79.9. The van der Waals surface area contributed by atoms with Crippen molar-refractivity contribution >= 4 is 55.8 Å². The second kappa shape index (κ2) is 8.06. The average molecular weight is 438 g/mol. The Morgan fingerprint density at radius 2 is 1.81 bits per heavy atom. The highest BCUT2D eigenvalue weighted by Gasteiger charge is 2.28. The van der Waals surface area contributed by atoms with Crippen LogP contribution < -0.4 is 0 Å². The van der Waals surface area contributed by atoms with Crippen molar-refractivity contribution in [1.29, 1.82) is 0 Å². The van der Waals surface area contributed by atoms with Crippen molar-refractivity contribution in [3.8, 4) is 0 Å². The first-order valence-electron chi connectivity index (χ1n) is 8.47. The Kier molecular flexibility index (Phi) is 5.36. The van der Waals surface area contributed by atoms with E-state index >= 15 is 0 Å². The van der Waals surface area contributed by atoms with Crippen molar-refractivity contribution in [3.05, 3.63) is 82.3 Å². The van der Waals surface area contributed by atoms with Crippen molar-refractivity contribution < 1.29 is 4.79 Å². The van der Waals surface area contributed by atoms with Crippen LogP contribution in [0.25, 0.3) is 10.8 Å². The predicted octanol–water partition coefficient (Wildman–Crippen LogP) is 5.07. The molecule has 0 N–H and O–H groups in total. The molecule has 4 rings (SSSR count). The number of thioether (sulfide) groups is 1. The van der Waals surface area contributed by atoms with E-state index in [1.165, 1.54) is 17.1 Å². The molecule has 1 heterocycles. The van der Waals surface area contributed by atoms with E-state index in [-0.39, 0.29) is 5.91 Å². The Hall–Kier alpha value is -2.44. The molecule has 6 heteroatoms. The Labute approximate surface area is 170 Å². The molecular weight excluding hydrogens is 422 g/mol. The van der Waals surface area contributed by atoms with E-state index in [4.69, 9.17) is 0 Å². The molecule has 0 atom stereocenters. The van der Waals surface area contributed by atoms with Crippen LogP contribution in [0.4, 0.5) is 0 Å². The number of rotatable bonds is 4. The summed E-state index contributed by atoms with van der Waals surface area (Å²) in [5.41, 5.74) is 2.06. The molecule has 0 radical (unpaired) electrons. The van der Waals surface area contributed by atoms with Gasteiger partial charge in [0.2, 0.25) is 5.91 Å². The molecule has 0 spiro atoms. The third-order valence-electron chi connectivity index (χ3n) is 4.29. The normalized spacial score (nSPS) is 16.1. The Morgan fingerprint density at radius 3 is 2.67 bits per heavy atom. The van der Waals surface area contributed by atoms with Gasteiger partial charge in [0.1, 0.15) is 0 Å². The molecule has 3 aromatic rings. The lowest BCUT2D eigenvalue weighted by Crippen LogP contribution is -2.28. The minimum absolute atomic E-state index is 0.0607. The maximum absolute atomic E-state index is 12.4. The van der Waals surface area contributed by atoms with E-state index in [0.29, 0.717) is 17.5 Å². The summed E-state index contributed by atoms with van der Waals surface area (Å²) in [6.07, 6.45) is 1.69. The van der Waals surface area contributed by atoms with Crippen LogP contribution in [0.15, 0.2) is 81.4 Å². The average Bonchev–Trinajstić information content (AvgIpc) is 3.03. The number of carbonyl (C=O) groups excluding carboxylic acids is 1. The molecule has 0 aromatic heterocycles.